The average molecular weight is 370 g/mol. The van der Waals surface area contributed by atoms with E-state index in [1.165, 1.54) is 0 Å². The lowest BCUT2D eigenvalue weighted by atomic mass is 10.1. The van der Waals surface area contributed by atoms with Crippen molar-refractivity contribution in [1.29, 1.82) is 0 Å². The smallest absolute Gasteiger partial charge is 0.321 e. The molecule has 1 aliphatic carbocycles. The van der Waals surface area contributed by atoms with Crippen molar-refractivity contribution < 1.29 is 14.4 Å². The molecule has 4 amide bonds. The number of piperazine rings is 1. The van der Waals surface area contributed by atoms with Crippen molar-refractivity contribution in [3.05, 3.63) is 29.8 Å². The molecule has 27 heavy (non-hydrogen) atoms. The Kier molecular flexibility index (Phi) is 5.01. The topological polar surface area (TPSA) is 73.0 Å². The first-order valence-electron chi connectivity index (χ1n) is 9.86. The largest absolute Gasteiger partial charge is 0.339 e. The maximum absolute atomic E-state index is 12.5. The van der Waals surface area contributed by atoms with Crippen molar-refractivity contribution >= 4 is 23.5 Å². The molecule has 1 N–H and O–H groups in total. The number of nitrogens with one attached hydrogen (secondary N) is 1. The van der Waals surface area contributed by atoms with E-state index in [-0.39, 0.29) is 23.8 Å². The van der Waals surface area contributed by atoms with Gasteiger partial charge in [0.25, 0.3) is 5.91 Å². The Bertz CT molecular complexity index is 732. The summed E-state index contributed by atoms with van der Waals surface area (Å²) in [5.74, 6) is 0.486. The highest BCUT2D eigenvalue weighted by molar-refractivity contribution is 5.97. The number of hydrogen-bond donors (Lipinski definition) is 1. The van der Waals surface area contributed by atoms with Crippen LogP contribution in [0.4, 0.5) is 10.5 Å². The monoisotopic (exact) mass is 370 g/mol. The second kappa shape index (κ2) is 7.58. The number of rotatable bonds is 3. The van der Waals surface area contributed by atoms with Crippen LogP contribution in [0.5, 0.6) is 0 Å². The molecule has 3 fully saturated rings. The van der Waals surface area contributed by atoms with Crippen LogP contribution < -0.4 is 5.32 Å². The predicted octanol–water partition coefficient (Wildman–Crippen LogP) is 2.01. The van der Waals surface area contributed by atoms with Crippen molar-refractivity contribution in [2.75, 3.05) is 44.6 Å². The molecule has 0 radical (unpaired) electrons. The van der Waals surface area contributed by atoms with Crippen LogP contribution in [0.1, 0.15) is 36.0 Å². The first-order chi connectivity index (χ1) is 13.1. The van der Waals surface area contributed by atoms with Crippen LogP contribution in [0.25, 0.3) is 0 Å². The van der Waals surface area contributed by atoms with Gasteiger partial charge in [0.15, 0.2) is 0 Å². The van der Waals surface area contributed by atoms with Gasteiger partial charge in [-0.15, -0.1) is 0 Å². The molecule has 2 heterocycles. The lowest BCUT2D eigenvalue weighted by Crippen LogP contribution is -2.52. The number of urea groups is 1. The standard InChI is InChI=1S/C20H26N4O3/c25-18(15-6-7-15)23-10-12-24(13-11-23)20(27)21-17-5-3-4-16(14-17)19(26)22-8-1-2-9-22/h3-5,14-15H,1-2,6-13H2,(H,21,27). The molecule has 0 bridgehead atoms. The zero-order chi connectivity index (χ0) is 18.8. The van der Waals surface area contributed by atoms with Gasteiger partial charge < -0.3 is 20.0 Å². The molecule has 7 heteroatoms. The second-order valence-electron chi connectivity index (χ2n) is 7.60. The van der Waals surface area contributed by atoms with Crippen LogP contribution in [-0.4, -0.2) is 71.8 Å². The quantitative estimate of drug-likeness (QED) is 0.885. The highest BCUT2D eigenvalue weighted by atomic mass is 16.2. The van der Waals surface area contributed by atoms with Crippen molar-refractivity contribution in [1.82, 2.24) is 14.7 Å². The van der Waals surface area contributed by atoms with E-state index in [4.69, 9.17) is 0 Å². The van der Waals surface area contributed by atoms with Gasteiger partial charge in [-0.25, -0.2) is 4.79 Å². The van der Waals surface area contributed by atoms with E-state index in [9.17, 15) is 14.4 Å². The fourth-order valence-electron chi connectivity index (χ4n) is 3.75. The summed E-state index contributed by atoms with van der Waals surface area (Å²) in [5.41, 5.74) is 1.23. The van der Waals surface area contributed by atoms with E-state index in [0.717, 1.165) is 38.8 Å². The van der Waals surface area contributed by atoms with Gasteiger partial charge in [-0.3, -0.25) is 9.59 Å². The van der Waals surface area contributed by atoms with Gasteiger partial charge in [0.2, 0.25) is 5.91 Å². The van der Waals surface area contributed by atoms with Crippen LogP contribution >= 0.6 is 0 Å². The molecular formula is C20H26N4O3. The van der Waals surface area contributed by atoms with Gasteiger partial charge >= 0.3 is 6.03 Å². The average Bonchev–Trinajstić information content (AvgIpc) is 3.41. The van der Waals surface area contributed by atoms with Gasteiger partial charge in [0.05, 0.1) is 0 Å². The van der Waals surface area contributed by atoms with Gasteiger partial charge in [0.1, 0.15) is 0 Å². The van der Waals surface area contributed by atoms with Crippen molar-refractivity contribution in [3.8, 4) is 0 Å². The summed E-state index contributed by atoms with van der Waals surface area (Å²) in [6, 6.07) is 6.94. The molecule has 1 aromatic rings. The fraction of sp³-hybridized carbons (Fsp3) is 0.550. The zero-order valence-corrected chi connectivity index (χ0v) is 15.5. The van der Waals surface area contributed by atoms with Crippen LogP contribution in [-0.2, 0) is 4.79 Å². The number of anilines is 1. The molecule has 0 atom stereocenters. The normalized spacial score (nSPS) is 19.9. The second-order valence-corrected chi connectivity index (χ2v) is 7.60. The third-order valence-electron chi connectivity index (χ3n) is 5.56. The lowest BCUT2D eigenvalue weighted by molar-refractivity contribution is -0.133. The van der Waals surface area contributed by atoms with E-state index in [1.54, 1.807) is 29.2 Å². The molecule has 0 spiro atoms. The van der Waals surface area contributed by atoms with Crippen LogP contribution in [0, 0.1) is 5.92 Å². The maximum atomic E-state index is 12.5. The predicted molar refractivity (Wildman–Crippen MR) is 101 cm³/mol. The number of likely N-dealkylation sites (tertiary alicyclic amines) is 1. The lowest BCUT2D eigenvalue weighted by Gasteiger charge is -2.34. The summed E-state index contributed by atoms with van der Waals surface area (Å²) in [4.78, 5) is 42.6. The molecule has 2 saturated heterocycles. The Labute approximate surface area is 159 Å². The zero-order valence-electron chi connectivity index (χ0n) is 15.5. The van der Waals surface area contributed by atoms with E-state index in [0.29, 0.717) is 37.4 Å². The first kappa shape index (κ1) is 17.8. The number of carbonyl (C=O) groups excluding carboxylic acids is 3. The molecule has 0 unspecified atom stereocenters. The number of nitrogens with zero attached hydrogens (tertiary/aromatic N) is 3. The Morgan fingerprint density at radius 2 is 1.52 bits per heavy atom. The van der Waals surface area contributed by atoms with Gasteiger partial charge in [-0.2, -0.15) is 0 Å². The Hall–Kier alpha value is -2.57. The SMILES string of the molecule is O=C(Nc1cccc(C(=O)N2CCCC2)c1)N1CCN(C(=O)C2CC2)CC1. The fourth-order valence-corrected chi connectivity index (χ4v) is 3.75. The van der Waals surface area contributed by atoms with E-state index < -0.39 is 0 Å². The van der Waals surface area contributed by atoms with Gasteiger partial charge in [-0.1, -0.05) is 6.07 Å². The Morgan fingerprint density at radius 1 is 0.852 bits per heavy atom. The number of amides is 4. The van der Waals surface area contributed by atoms with E-state index >= 15 is 0 Å². The van der Waals surface area contributed by atoms with Gasteiger partial charge in [-0.05, 0) is 43.9 Å². The van der Waals surface area contributed by atoms with E-state index in [2.05, 4.69) is 5.32 Å². The Morgan fingerprint density at radius 3 is 2.19 bits per heavy atom. The first-order valence-corrected chi connectivity index (χ1v) is 9.86. The molecule has 144 valence electrons. The van der Waals surface area contributed by atoms with Crippen LogP contribution in [0.3, 0.4) is 0 Å². The summed E-state index contributed by atoms with van der Waals surface area (Å²) in [5, 5.41) is 2.89. The third kappa shape index (κ3) is 4.07. The van der Waals surface area contributed by atoms with Crippen molar-refractivity contribution in [3.63, 3.8) is 0 Å². The molecule has 3 aliphatic rings. The van der Waals surface area contributed by atoms with Gasteiger partial charge in [0, 0.05) is 56.4 Å². The molecule has 1 saturated carbocycles. The molecular weight excluding hydrogens is 344 g/mol. The minimum atomic E-state index is -0.181. The van der Waals surface area contributed by atoms with E-state index in [1.807, 2.05) is 9.80 Å². The molecule has 2 aliphatic heterocycles. The third-order valence-corrected chi connectivity index (χ3v) is 5.56. The van der Waals surface area contributed by atoms with Crippen molar-refractivity contribution in [2.45, 2.75) is 25.7 Å². The molecule has 0 aromatic heterocycles. The molecule has 1 aromatic carbocycles. The van der Waals surface area contributed by atoms with Crippen molar-refractivity contribution in [2.24, 2.45) is 5.92 Å². The summed E-state index contributed by atoms with van der Waals surface area (Å²) in [7, 11) is 0. The molecule has 4 rings (SSSR count). The minimum absolute atomic E-state index is 0.0239. The summed E-state index contributed by atoms with van der Waals surface area (Å²) in [6.07, 6.45) is 4.12. The van der Waals surface area contributed by atoms with Crippen LogP contribution in [0.15, 0.2) is 24.3 Å². The summed E-state index contributed by atoms with van der Waals surface area (Å²) in [6.45, 7) is 3.87. The highest BCUT2D eigenvalue weighted by Gasteiger charge is 2.35. The van der Waals surface area contributed by atoms with Crippen LogP contribution in [0.2, 0.25) is 0 Å². The maximum Gasteiger partial charge on any atom is 0.321 e. The molecule has 7 nitrogen and oxygen atoms in total. The Balaban J connectivity index is 1.32. The summed E-state index contributed by atoms with van der Waals surface area (Å²) >= 11 is 0. The number of carbonyl (C=O) groups is 3. The highest BCUT2D eigenvalue weighted by Crippen LogP contribution is 2.31. The minimum Gasteiger partial charge on any atom is -0.339 e. The number of benzene rings is 1. The summed E-state index contributed by atoms with van der Waals surface area (Å²) < 4.78 is 0. The number of hydrogen-bond acceptors (Lipinski definition) is 3.